The SMILES string of the molecule is CC1=C(C)C2=NC1=CC1=NC(=CC3=NC(=CC4=NC(=C2)C=C4)C=C3)C=C1. The maximum absolute atomic E-state index is 4.79. The summed E-state index contributed by atoms with van der Waals surface area (Å²) in [6.07, 6.45) is 20.1. The Labute approximate surface area is 151 Å². The molecule has 5 aliphatic rings. The molecule has 0 aromatic rings. The number of fused-ring (bicyclic) bond motifs is 4. The zero-order valence-electron chi connectivity index (χ0n) is 14.6. The lowest BCUT2D eigenvalue weighted by atomic mass is 10.1. The Kier molecular flexibility index (Phi) is 3.19. The first-order valence-electron chi connectivity index (χ1n) is 8.58. The molecular formula is C22H16N4. The molecule has 124 valence electrons. The van der Waals surface area contributed by atoms with Crippen LogP contribution in [-0.4, -0.2) is 22.8 Å². The molecule has 0 atom stereocenters. The molecule has 0 aliphatic carbocycles. The normalized spacial score (nSPS) is 22.7. The van der Waals surface area contributed by atoms with Crippen LogP contribution in [0.2, 0.25) is 0 Å². The lowest BCUT2D eigenvalue weighted by molar-refractivity contribution is 1.31. The van der Waals surface area contributed by atoms with Gasteiger partial charge in [0, 0.05) is 0 Å². The van der Waals surface area contributed by atoms with Crippen LogP contribution in [-0.2, 0) is 0 Å². The molecule has 0 saturated heterocycles. The summed E-state index contributed by atoms with van der Waals surface area (Å²) in [5, 5.41) is 0. The lowest BCUT2D eigenvalue weighted by Crippen LogP contribution is -1.93. The first-order chi connectivity index (χ1) is 12.6. The molecule has 0 spiro atoms. The summed E-state index contributed by atoms with van der Waals surface area (Å²) in [6.45, 7) is 4.20. The number of nitrogens with zero attached hydrogens (tertiary/aromatic N) is 4. The van der Waals surface area contributed by atoms with Crippen molar-refractivity contribution in [2.45, 2.75) is 13.8 Å². The number of hydrogen-bond donors (Lipinski definition) is 0. The van der Waals surface area contributed by atoms with Gasteiger partial charge in [-0.1, -0.05) is 0 Å². The Morgan fingerprint density at radius 3 is 1.58 bits per heavy atom. The van der Waals surface area contributed by atoms with Gasteiger partial charge in [-0.15, -0.1) is 0 Å². The molecule has 4 heteroatoms. The van der Waals surface area contributed by atoms with E-state index in [1.54, 1.807) is 0 Å². The summed E-state index contributed by atoms with van der Waals surface area (Å²) in [4.78, 5) is 18.7. The molecule has 0 amide bonds. The Balaban J connectivity index is 1.69. The molecule has 5 rings (SSSR count). The van der Waals surface area contributed by atoms with E-state index in [1.807, 2.05) is 60.8 Å². The summed E-state index contributed by atoms with van der Waals surface area (Å²) >= 11 is 0. The van der Waals surface area contributed by atoms with E-state index in [1.165, 1.54) is 11.1 Å². The summed E-state index contributed by atoms with van der Waals surface area (Å²) in [5.74, 6) is 0. The van der Waals surface area contributed by atoms with E-state index in [9.17, 15) is 0 Å². The zero-order chi connectivity index (χ0) is 17.7. The molecule has 0 saturated carbocycles. The van der Waals surface area contributed by atoms with E-state index in [4.69, 9.17) is 4.99 Å². The van der Waals surface area contributed by atoms with Gasteiger partial charge in [-0.3, -0.25) is 0 Å². The van der Waals surface area contributed by atoms with Crippen molar-refractivity contribution >= 4 is 22.8 Å². The Morgan fingerprint density at radius 1 is 0.500 bits per heavy atom. The molecule has 0 unspecified atom stereocenters. The van der Waals surface area contributed by atoms with Crippen molar-refractivity contribution in [1.82, 2.24) is 0 Å². The highest BCUT2D eigenvalue weighted by Crippen LogP contribution is 2.28. The fourth-order valence-electron chi connectivity index (χ4n) is 3.21. The van der Waals surface area contributed by atoms with Crippen LogP contribution < -0.4 is 0 Å². The van der Waals surface area contributed by atoms with Crippen molar-refractivity contribution < 1.29 is 0 Å². The van der Waals surface area contributed by atoms with Crippen molar-refractivity contribution in [1.29, 1.82) is 0 Å². The molecule has 0 radical (unpaired) electrons. The fraction of sp³-hybridized carbons (Fsp3) is 0.0909. The van der Waals surface area contributed by atoms with Gasteiger partial charge in [0.1, 0.15) is 0 Å². The number of allylic oxidation sites excluding steroid dienone is 12. The largest absolute Gasteiger partial charge is 0.249 e. The molecular weight excluding hydrogens is 320 g/mol. The van der Waals surface area contributed by atoms with E-state index < -0.39 is 0 Å². The van der Waals surface area contributed by atoms with Crippen molar-refractivity contribution in [3.8, 4) is 0 Å². The van der Waals surface area contributed by atoms with Crippen LogP contribution in [0.3, 0.4) is 0 Å². The molecule has 5 aliphatic heterocycles. The van der Waals surface area contributed by atoms with Crippen molar-refractivity contribution in [3.63, 3.8) is 0 Å². The monoisotopic (exact) mass is 336 g/mol. The van der Waals surface area contributed by atoms with E-state index in [-0.39, 0.29) is 0 Å². The van der Waals surface area contributed by atoms with E-state index >= 15 is 0 Å². The molecule has 0 fully saturated rings. The van der Waals surface area contributed by atoms with Crippen LogP contribution >= 0.6 is 0 Å². The van der Waals surface area contributed by atoms with Crippen molar-refractivity contribution in [2.24, 2.45) is 20.0 Å². The van der Waals surface area contributed by atoms with E-state index in [0.29, 0.717) is 0 Å². The molecule has 0 aromatic heterocycles. The van der Waals surface area contributed by atoms with Gasteiger partial charge < -0.3 is 0 Å². The number of aliphatic imine (C=N–C) groups is 4. The lowest BCUT2D eigenvalue weighted by Gasteiger charge is -1.97. The molecule has 5 heterocycles. The predicted octanol–water partition coefficient (Wildman–Crippen LogP) is 4.36. The summed E-state index contributed by atoms with van der Waals surface area (Å²) in [5.41, 5.74) is 9.66. The summed E-state index contributed by atoms with van der Waals surface area (Å²) < 4.78 is 0. The van der Waals surface area contributed by atoms with Crippen LogP contribution in [0.1, 0.15) is 13.8 Å². The molecule has 8 bridgehead atoms. The topological polar surface area (TPSA) is 49.4 Å². The first-order valence-corrected chi connectivity index (χ1v) is 8.58. The third kappa shape index (κ3) is 2.56. The second-order valence-corrected chi connectivity index (χ2v) is 6.59. The molecule has 0 aromatic carbocycles. The molecule has 0 N–H and O–H groups in total. The minimum absolute atomic E-state index is 0.895. The van der Waals surface area contributed by atoms with Crippen molar-refractivity contribution in [2.75, 3.05) is 0 Å². The van der Waals surface area contributed by atoms with Gasteiger partial charge in [-0.25, -0.2) is 20.0 Å². The van der Waals surface area contributed by atoms with Crippen molar-refractivity contribution in [3.05, 3.63) is 94.7 Å². The number of rotatable bonds is 0. The Hall–Kier alpha value is -3.40. The van der Waals surface area contributed by atoms with Gasteiger partial charge in [-0.2, -0.15) is 0 Å². The van der Waals surface area contributed by atoms with Crippen LogP contribution in [0.15, 0.2) is 115 Å². The zero-order valence-corrected chi connectivity index (χ0v) is 14.6. The summed E-state index contributed by atoms with van der Waals surface area (Å²) in [7, 11) is 0. The highest BCUT2D eigenvalue weighted by molar-refractivity contribution is 6.16. The van der Waals surface area contributed by atoms with Gasteiger partial charge >= 0.3 is 0 Å². The Bertz CT molecular complexity index is 1120. The highest BCUT2D eigenvalue weighted by atomic mass is 14.8. The van der Waals surface area contributed by atoms with Gasteiger partial charge in [0.05, 0.1) is 45.6 Å². The van der Waals surface area contributed by atoms with Crippen LogP contribution in [0.4, 0.5) is 0 Å². The van der Waals surface area contributed by atoms with E-state index in [0.717, 1.165) is 45.6 Å². The van der Waals surface area contributed by atoms with E-state index in [2.05, 4.69) is 28.8 Å². The quantitative estimate of drug-likeness (QED) is 0.631. The third-order valence-electron chi connectivity index (χ3n) is 4.78. The average Bonchev–Trinajstić information content (AvgIpc) is 3.38. The highest BCUT2D eigenvalue weighted by Gasteiger charge is 2.18. The molecule has 4 nitrogen and oxygen atoms in total. The molecule has 26 heavy (non-hydrogen) atoms. The standard InChI is InChI=1S/C22H16N4/c1-13-14(2)22-12-20-8-6-18(25-20)10-16-4-3-15(23-16)9-17-5-7-19(24-17)11-21(13)26-22/h3-12H,1-2H3. The minimum atomic E-state index is 0.895. The fourth-order valence-corrected chi connectivity index (χ4v) is 3.21. The van der Waals surface area contributed by atoms with Gasteiger partial charge in [-0.05, 0) is 85.8 Å². The minimum Gasteiger partial charge on any atom is -0.249 e. The van der Waals surface area contributed by atoms with Crippen LogP contribution in [0.5, 0.6) is 0 Å². The third-order valence-corrected chi connectivity index (χ3v) is 4.78. The van der Waals surface area contributed by atoms with Gasteiger partial charge in [0.2, 0.25) is 0 Å². The Morgan fingerprint density at radius 2 is 1.00 bits per heavy atom. The second kappa shape index (κ2) is 5.56. The van der Waals surface area contributed by atoms with Crippen LogP contribution in [0.25, 0.3) is 0 Å². The maximum Gasteiger partial charge on any atom is 0.0691 e. The van der Waals surface area contributed by atoms with Gasteiger partial charge in [0.25, 0.3) is 0 Å². The maximum atomic E-state index is 4.79. The van der Waals surface area contributed by atoms with Crippen LogP contribution in [0, 0.1) is 0 Å². The first kappa shape index (κ1) is 14.9. The summed E-state index contributed by atoms with van der Waals surface area (Å²) in [6, 6.07) is 0. The van der Waals surface area contributed by atoms with Gasteiger partial charge in [0.15, 0.2) is 0 Å². The predicted molar refractivity (Wildman–Crippen MR) is 108 cm³/mol. The average molecular weight is 336 g/mol. The number of hydrogen-bond acceptors (Lipinski definition) is 4. The smallest absolute Gasteiger partial charge is 0.0691 e. The second-order valence-electron chi connectivity index (χ2n) is 6.59.